The highest BCUT2D eigenvalue weighted by atomic mass is 79.9. The smallest absolute Gasteiger partial charge is 0.227 e. The molecule has 0 bridgehead atoms. The molecule has 80 valence electrons. The quantitative estimate of drug-likeness (QED) is 0.754. The number of halogens is 1. The first-order valence-electron chi connectivity index (χ1n) is 5.23. The van der Waals surface area contributed by atoms with Crippen LogP contribution in [0.25, 0.3) is 0 Å². The molecular weight excluding hydrogens is 254 g/mol. The van der Waals surface area contributed by atoms with E-state index in [2.05, 4.69) is 35.0 Å². The normalized spacial score (nSPS) is 18.3. The van der Waals surface area contributed by atoms with Gasteiger partial charge in [0.25, 0.3) is 0 Å². The Balaban J connectivity index is 2.19. The summed E-state index contributed by atoms with van der Waals surface area (Å²) in [6.45, 7) is 2.96. The number of hydrogen-bond acceptors (Lipinski definition) is 1. The predicted octanol–water partition coefficient (Wildman–Crippen LogP) is 3.27. The number of anilines is 1. The molecule has 0 radical (unpaired) electrons. The van der Waals surface area contributed by atoms with Crippen LogP contribution in [0.1, 0.15) is 30.2 Å². The van der Waals surface area contributed by atoms with Gasteiger partial charge in [0.1, 0.15) is 0 Å². The molecule has 0 saturated carbocycles. The Morgan fingerprint density at radius 2 is 2.00 bits per heavy atom. The Labute approximate surface area is 98.4 Å². The second-order valence-electron chi connectivity index (χ2n) is 3.86. The first kappa shape index (κ1) is 10.7. The fraction of sp³-hybridized carbons (Fsp3) is 0.417. The zero-order valence-corrected chi connectivity index (χ0v) is 10.3. The summed E-state index contributed by atoms with van der Waals surface area (Å²) in [5.41, 5.74) is 2.26. The van der Waals surface area contributed by atoms with E-state index >= 15 is 0 Å². The van der Waals surface area contributed by atoms with Crippen molar-refractivity contribution in [1.29, 1.82) is 0 Å². The Morgan fingerprint density at radius 3 is 2.47 bits per heavy atom. The topological polar surface area (TPSA) is 20.3 Å². The SMILES string of the molecule is CC(Br)c1ccc(N2CCCC2=O)cc1. The van der Waals surface area contributed by atoms with E-state index in [-0.39, 0.29) is 5.91 Å². The van der Waals surface area contributed by atoms with Gasteiger partial charge in [-0.3, -0.25) is 4.79 Å². The van der Waals surface area contributed by atoms with Gasteiger partial charge < -0.3 is 4.90 Å². The zero-order valence-electron chi connectivity index (χ0n) is 8.74. The van der Waals surface area contributed by atoms with Crippen LogP contribution in [-0.2, 0) is 4.79 Å². The molecule has 1 amide bonds. The fourth-order valence-electron chi connectivity index (χ4n) is 1.84. The minimum Gasteiger partial charge on any atom is -0.312 e. The highest BCUT2D eigenvalue weighted by Crippen LogP contribution is 2.26. The summed E-state index contributed by atoms with van der Waals surface area (Å²) in [6.07, 6.45) is 1.67. The predicted molar refractivity (Wildman–Crippen MR) is 65.4 cm³/mol. The molecule has 0 aliphatic carbocycles. The van der Waals surface area contributed by atoms with Crippen LogP contribution in [0.2, 0.25) is 0 Å². The average molecular weight is 268 g/mol. The van der Waals surface area contributed by atoms with E-state index < -0.39 is 0 Å². The van der Waals surface area contributed by atoms with Crippen LogP contribution in [0.3, 0.4) is 0 Å². The van der Waals surface area contributed by atoms with Gasteiger partial charge in [-0.15, -0.1) is 0 Å². The van der Waals surface area contributed by atoms with Gasteiger partial charge in [0.2, 0.25) is 5.91 Å². The van der Waals surface area contributed by atoms with Gasteiger partial charge in [0.05, 0.1) is 0 Å². The minimum atomic E-state index is 0.245. The Hall–Kier alpha value is -0.830. The molecule has 0 spiro atoms. The lowest BCUT2D eigenvalue weighted by Gasteiger charge is -2.16. The van der Waals surface area contributed by atoms with Gasteiger partial charge in [-0.2, -0.15) is 0 Å². The number of carbonyl (C=O) groups is 1. The van der Waals surface area contributed by atoms with Gasteiger partial charge in [0, 0.05) is 23.5 Å². The van der Waals surface area contributed by atoms with Gasteiger partial charge in [-0.05, 0) is 31.0 Å². The number of alkyl halides is 1. The molecule has 1 aromatic carbocycles. The van der Waals surface area contributed by atoms with Crippen molar-refractivity contribution in [3.8, 4) is 0 Å². The number of rotatable bonds is 2. The second kappa shape index (κ2) is 4.35. The Morgan fingerprint density at radius 1 is 1.33 bits per heavy atom. The Kier molecular flexibility index (Phi) is 3.10. The molecule has 1 aliphatic rings. The van der Waals surface area contributed by atoms with E-state index in [1.54, 1.807) is 0 Å². The second-order valence-corrected chi connectivity index (χ2v) is 5.23. The van der Waals surface area contributed by atoms with Gasteiger partial charge >= 0.3 is 0 Å². The maximum absolute atomic E-state index is 11.5. The van der Waals surface area contributed by atoms with E-state index in [0.29, 0.717) is 11.2 Å². The number of benzene rings is 1. The minimum absolute atomic E-state index is 0.245. The van der Waals surface area contributed by atoms with E-state index in [9.17, 15) is 4.79 Å². The van der Waals surface area contributed by atoms with E-state index in [1.165, 1.54) is 5.56 Å². The lowest BCUT2D eigenvalue weighted by molar-refractivity contribution is -0.117. The first-order valence-corrected chi connectivity index (χ1v) is 6.14. The molecule has 1 heterocycles. The third-order valence-electron chi connectivity index (χ3n) is 2.74. The third kappa shape index (κ3) is 2.23. The van der Waals surface area contributed by atoms with Crippen molar-refractivity contribution in [2.45, 2.75) is 24.6 Å². The lowest BCUT2D eigenvalue weighted by atomic mass is 10.1. The van der Waals surface area contributed by atoms with Crippen molar-refractivity contribution in [3.05, 3.63) is 29.8 Å². The third-order valence-corrected chi connectivity index (χ3v) is 3.27. The van der Waals surface area contributed by atoms with Crippen LogP contribution in [0.4, 0.5) is 5.69 Å². The summed E-state index contributed by atoms with van der Waals surface area (Å²) in [4.78, 5) is 13.7. The van der Waals surface area contributed by atoms with Crippen LogP contribution in [0.15, 0.2) is 24.3 Å². The van der Waals surface area contributed by atoms with E-state index in [0.717, 1.165) is 18.7 Å². The van der Waals surface area contributed by atoms with Crippen molar-refractivity contribution < 1.29 is 4.79 Å². The first-order chi connectivity index (χ1) is 7.18. The largest absolute Gasteiger partial charge is 0.312 e. The lowest BCUT2D eigenvalue weighted by Crippen LogP contribution is -2.23. The molecule has 0 aromatic heterocycles. The van der Waals surface area contributed by atoms with Crippen molar-refractivity contribution in [2.24, 2.45) is 0 Å². The molecular formula is C12H14BrNO. The number of amides is 1. The van der Waals surface area contributed by atoms with Crippen molar-refractivity contribution in [2.75, 3.05) is 11.4 Å². The molecule has 1 atom stereocenters. The summed E-state index contributed by atoms with van der Waals surface area (Å²) in [7, 11) is 0. The van der Waals surface area contributed by atoms with E-state index in [4.69, 9.17) is 0 Å². The molecule has 1 unspecified atom stereocenters. The van der Waals surface area contributed by atoms with Crippen molar-refractivity contribution in [1.82, 2.24) is 0 Å². The van der Waals surface area contributed by atoms with Gasteiger partial charge in [0.15, 0.2) is 0 Å². The average Bonchev–Trinajstić information content (AvgIpc) is 2.65. The maximum atomic E-state index is 11.5. The monoisotopic (exact) mass is 267 g/mol. The molecule has 15 heavy (non-hydrogen) atoms. The van der Waals surface area contributed by atoms with Crippen LogP contribution in [0, 0.1) is 0 Å². The molecule has 1 fully saturated rings. The molecule has 2 nitrogen and oxygen atoms in total. The van der Waals surface area contributed by atoms with Gasteiger partial charge in [-0.1, -0.05) is 28.1 Å². The molecule has 2 rings (SSSR count). The summed E-state index contributed by atoms with van der Waals surface area (Å²) < 4.78 is 0. The molecule has 0 N–H and O–H groups in total. The highest BCUT2D eigenvalue weighted by Gasteiger charge is 2.21. The number of nitrogens with zero attached hydrogens (tertiary/aromatic N) is 1. The van der Waals surface area contributed by atoms with Crippen LogP contribution < -0.4 is 4.90 Å². The van der Waals surface area contributed by atoms with Crippen molar-refractivity contribution >= 4 is 27.5 Å². The van der Waals surface area contributed by atoms with Crippen LogP contribution in [0.5, 0.6) is 0 Å². The van der Waals surface area contributed by atoms with Crippen molar-refractivity contribution in [3.63, 3.8) is 0 Å². The highest BCUT2D eigenvalue weighted by molar-refractivity contribution is 9.09. The van der Waals surface area contributed by atoms with Crippen LogP contribution >= 0.6 is 15.9 Å². The molecule has 1 aromatic rings. The molecule has 1 aliphatic heterocycles. The summed E-state index contributed by atoms with van der Waals surface area (Å²) in [5.74, 6) is 0.245. The number of hydrogen-bond donors (Lipinski definition) is 0. The number of carbonyl (C=O) groups excluding carboxylic acids is 1. The Bertz CT molecular complexity index is 358. The van der Waals surface area contributed by atoms with E-state index in [1.807, 2.05) is 17.0 Å². The zero-order chi connectivity index (χ0) is 10.8. The molecule has 3 heteroatoms. The fourth-order valence-corrected chi connectivity index (χ4v) is 2.15. The van der Waals surface area contributed by atoms with Crippen LogP contribution in [-0.4, -0.2) is 12.5 Å². The summed E-state index contributed by atoms with van der Waals surface area (Å²) >= 11 is 3.52. The maximum Gasteiger partial charge on any atom is 0.227 e. The van der Waals surface area contributed by atoms with Gasteiger partial charge in [-0.25, -0.2) is 0 Å². The molecule has 1 saturated heterocycles. The summed E-state index contributed by atoms with van der Waals surface area (Å²) in [5, 5.41) is 0. The standard InChI is InChI=1S/C12H14BrNO/c1-9(13)10-4-6-11(7-5-10)14-8-2-3-12(14)15/h4-7,9H,2-3,8H2,1H3. The summed E-state index contributed by atoms with van der Waals surface area (Å²) in [6, 6.07) is 8.19.